The standard InChI is InChI=1S/C18H28N2/c1-3-16(19)11-15-10-13(2)4-9-18(15)20(17-7-8-17)12-14-5-6-14/h4,9-10,14,16-17H,3,5-8,11-12,19H2,1-2H3. The van der Waals surface area contributed by atoms with Crippen molar-refractivity contribution in [1.82, 2.24) is 0 Å². The number of hydrogen-bond donors (Lipinski definition) is 1. The fraction of sp³-hybridized carbons (Fsp3) is 0.667. The Morgan fingerprint density at radius 2 is 2.00 bits per heavy atom. The minimum Gasteiger partial charge on any atom is -0.368 e. The van der Waals surface area contributed by atoms with Crippen LogP contribution in [0.3, 0.4) is 0 Å². The summed E-state index contributed by atoms with van der Waals surface area (Å²) in [5.41, 5.74) is 10.5. The predicted octanol–water partition coefficient (Wildman–Crippen LogP) is 3.65. The molecule has 3 rings (SSSR count). The highest BCUT2D eigenvalue weighted by Crippen LogP contribution is 2.39. The molecule has 0 aromatic heterocycles. The van der Waals surface area contributed by atoms with E-state index in [2.05, 4.69) is 36.9 Å². The Balaban J connectivity index is 1.84. The van der Waals surface area contributed by atoms with Crippen LogP contribution in [0, 0.1) is 12.8 Å². The first kappa shape index (κ1) is 13.9. The van der Waals surface area contributed by atoms with Gasteiger partial charge >= 0.3 is 0 Å². The van der Waals surface area contributed by atoms with Crippen molar-refractivity contribution in [2.24, 2.45) is 11.7 Å². The molecule has 1 aromatic rings. The van der Waals surface area contributed by atoms with Crippen LogP contribution in [-0.2, 0) is 6.42 Å². The molecule has 0 radical (unpaired) electrons. The van der Waals surface area contributed by atoms with Crippen LogP contribution in [0.1, 0.15) is 50.2 Å². The van der Waals surface area contributed by atoms with Crippen LogP contribution in [0.2, 0.25) is 0 Å². The van der Waals surface area contributed by atoms with Gasteiger partial charge in [0.25, 0.3) is 0 Å². The van der Waals surface area contributed by atoms with Crippen molar-refractivity contribution in [3.63, 3.8) is 0 Å². The van der Waals surface area contributed by atoms with Crippen LogP contribution >= 0.6 is 0 Å². The monoisotopic (exact) mass is 272 g/mol. The summed E-state index contributed by atoms with van der Waals surface area (Å²) < 4.78 is 0. The molecule has 0 heterocycles. The molecule has 2 N–H and O–H groups in total. The third kappa shape index (κ3) is 3.35. The highest BCUT2D eigenvalue weighted by Gasteiger charge is 2.34. The van der Waals surface area contributed by atoms with E-state index < -0.39 is 0 Å². The van der Waals surface area contributed by atoms with Crippen molar-refractivity contribution in [2.45, 2.75) is 64.5 Å². The Morgan fingerprint density at radius 3 is 2.60 bits per heavy atom. The Hall–Kier alpha value is -1.02. The van der Waals surface area contributed by atoms with E-state index in [4.69, 9.17) is 5.73 Å². The lowest BCUT2D eigenvalue weighted by molar-refractivity contribution is 0.640. The average Bonchev–Trinajstić information content (AvgIpc) is 3.29. The smallest absolute Gasteiger partial charge is 0.0402 e. The predicted molar refractivity (Wildman–Crippen MR) is 86.2 cm³/mol. The Morgan fingerprint density at radius 1 is 1.25 bits per heavy atom. The largest absolute Gasteiger partial charge is 0.368 e. The molecule has 0 aliphatic heterocycles. The normalized spacial score (nSPS) is 19.9. The Bertz CT molecular complexity index is 460. The summed E-state index contributed by atoms with van der Waals surface area (Å²) in [6, 6.07) is 8.05. The van der Waals surface area contributed by atoms with Gasteiger partial charge in [0.15, 0.2) is 0 Å². The zero-order chi connectivity index (χ0) is 14.1. The van der Waals surface area contributed by atoms with Crippen LogP contribution in [-0.4, -0.2) is 18.6 Å². The van der Waals surface area contributed by atoms with Gasteiger partial charge in [0, 0.05) is 24.3 Å². The number of anilines is 1. The van der Waals surface area contributed by atoms with Gasteiger partial charge in [-0.25, -0.2) is 0 Å². The van der Waals surface area contributed by atoms with Crippen molar-refractivity contribution < 1.29 is 0 Å². The van der Waals surface area contributed by atoms with Crippen LogP contribution in [0.5, 0.6) is 0 Å². The first-order valence-corrected chi connectivity index (χ1v) is 8.29. The molecule has 1 atom stereocenters. The molecule has 2 saturated carbocycles. The summed E-state index contributed by atoms with van der Waals surface area (Å²) in [4.78, 5) is 2.69. The molecule has 1 aromatic carbocycles. The molecule has 0 amide bonds. The molecular formula is C18H28N2. The third-order valence-corrected chi connectivity index (χ3v) is 4.69. The van der Waals surface area contributed by atoms with Crippen molar-refractivity contribution in [2.75, 3.05) is 11.4 Å². The van der Waals surface area contributed by atoms with Crippen molar-refractivity contribution in [1.29, 1.82) is 0 Å². The van der Waals surface area contributed by atoms with E-state index >= 15 is 0 Å². The van der Waals surface area contributed by atoms with Gasteiger partial charge in [0.05, 0.1) is 0 Å². The summed E-state index contributed by atoms with van der Waals surface area (Å²) in [6.45, 7) is 5.64. The maximum atomic E-state index is 6.21. The van der Waals surface area contributed by atoms with Crippen molar-refractivity contribution in [3.8, 4) is 0 Å². The molecule has 2 aliphatic rings. The first-order chi connectivity index (χ1) is 9.67. The van der Waals surface area contributed by atoms with Gasteiger partial charge in [0.2, 0.25) is 0 Å². The second-order valence-electron chi connectivity index (χ2n) is 6.83. The number of rotatable bonds is 7. The zero-order valence-electron chi connectivity index (χ0n) is 12.9. The van der Waals surface area contributed by atoms with Crippen LogP contribution in [0.4, 0.5) is 5.69 Å². The average molecular weight is 272 g/mol. The van der Waals surface area contributed by atoms with E-state index in [1.807, 2.05) is 0 Å². The van der Waals surface area contributed by atoms with Crippen LogP contribution in [0.15, 0.2) is 18.2 Å². The lowest BCUT2D eigenvalue weighted by atomic mass is 9.99. The maximum absolute atomic E-state index is 6.21. The molecule has 2 nitrogen and oxygen atoms in total. The summed E-state index contributed by atoms with van der Waals surface area (Å²) in [6.07, 6.45) is 7.68. The summed E-state index contributed by atoms with van der Waals surface area (Å²) in [5.74, 6) is 0.949. The van der Waals surface area contributed by atoms with Crippen LogP contribution < -0.4 is 10.6 Å². The Labute approximate surface area is 123 Å². The fourth-order valence-electron chi connectivity index (χ4n) is 2.99. The zero-order valence-corrected chi connectivity index (χ0v) is 12.9. The van der Waals surface area contributed by atoms with E-state index in [9.17, 15) is 0 Å². The fourth-order valence-corrected chi connectivity index (χ4v) is 2.99. The quantitative estimate of drug-likeness (QED) is 0.821. The summed E-state index contributed by atoms with van der Waals surface area (Å²) in [5, 5.41) is 0. The van der Waals surface area contributed by atoms with Gasteiger partial charge in [-0.15, -0.1) is 0 Å². The molecule has 20 heavy (non-hydrogen) atoms. The van der Waals surface area contributed by atoms with E-state index in [1.54, 1.807) is 0 Å². The van der Waals surface area contributed by atoms with Crippen LogP contribution in [0.25, 0.3) is 0 Å². The molecule has 110 valence electrons. The number of hydrogen-bond acceptors (Lipinski definition) is 2. The van der Waals surface area contributed by atoms with Crippen molar-refractivity contribution >= 4 is 5.69 Å². The van der Waals surface area contributed by atoms with Gasteiger partial charge < -0.3 is 10.6 Å². The topological polar surface area (TPSA) is 29.3 Å². The minimum atomic E-state index is 0.289. The molecule has 2 heteroatoms. The number of nitrogens with two attached hydrogens (primary N) is 1. The van der Waals surface area contributed by atoms with E-state index in [-0.39, 0.29) is 6.04 Å². The Kier molecular flexibility index (Phi) is 4.02. The lowest BCUT2D eigenvalue weighted by Gasteiger charge is -2.28. The molecule has 2 fully saturated rings. The first-order valence-electron chi connectivity index (χ1n) is 8.29. The molecular weight excluding hydrogens is 244 g/mol. The summed E-state index contributed by atoms with van der Waals surface area (Å²) in [7, 11) is 0. The van der Waals surface area contributed by atoms with Gasteiger partial charge in [-0.05, 0) is 63.0 Å². The van der Waals surface area contributed by atoms with E-state index in [0.717, 1.165) is 24.8 Å². The molecule has 2 aliphatic carbocycles. The van der Waals surface area contributed by atoms with Gasteiger partial charge in [-0.3, -0.25) is 0 Å². The van der Waals surface area contributed by atoms with E-state index in [1.165, 1.54) is 49.0 Å². The second kappa shape index (κ2) is 5.77. The van der Waals surface area contributed by atoms with Gasteiger partial charge in [-0.2, -0.15) is 0 Å². The maximum Gasteiger partial charge on any atom is 0.0402 e. The van der Waals surface area contributed by atoms with Gasteiger partial charge in [0.1, 0.15) is 0 Å². The number of aryl methyl sites for hydroxylation is 1. The van der Waals surface area contributed by atoms with Gasteiger partial charge in [-0.1, -0.05) is 24.6 Å². The number of benzene rings is 1. The minimum absolute atomic E-state index is 0.289. The second-order valence-corrected chi connectivity index (χ2v) is 6.83. The highest BCUT2D eigenvalue weighted by molar-refractivity contribution is 5.57. The lowest BCUT2D eigenvalue weighted by Crippen LogP contribution is -2.30. The number of nitrogens with zero attached hydrogens (tertiary/aromatic N) is 1. The third-order valence-electron chi connectivity index (χ3n) is 4.69. The molecule has 0 spiro atoms. The molecule has 0 saturated heterocycles. The SMILES string of the molecule is CCC(N)Cc1cc(C)ccc1N(CC1CC1)C1CC1. The molecule has 1 unspecified atom stereocenters. The molecule has 0 bridgehead atoms. The van der Waals surface area contributed by atoms with E-state index in [0.29, 0.717) is 0 Å². The highest BCUT2D eigenvalue weighted by atomic mass is 15.2. The van der Waals surface area contributed by atoms with Crippen molar-refractivity contribution in [3.05, 3.63) is 29.3 Å². The summed E-state index contributed by atoms with van der Waals surface area (Å²) >= 11 is 0.